The zero-order valence-corrected chi connectivity index (χ0v) is 13.2. The summed E-state index contributed by atoms with van der Waals surface area (Å²) in [6.07, 6.45) is 0. The predicted octanol–water partition coefficient (Wildman–Crippen LogP) is 4.47. The molecule has 0 fully saturated rings. The summed E-state index contributed by atoms with van der Waals surface area (Å²) in [5.74, 6) is 0.665. The molecule has 0 saturated carbocycles. The van der Waals surface area contributed by atoms with Gasteiger partial charge in [0.1, 0.15) is 5.82 Å². The maximum atomic E-state index is 13.4. The molecule has 106 valence electrons. The highest BCUT2D eigenvalue weighted by molar-refractivity contribution is 9.10. The van der Waals surface area contributed by atoms with Gasteiger partial charge in [0.15, 0.2) is 11.6 Å². The van der Waals surface area contributed by atoms with Gasteiger partial charge in [0, 0.05) is 4.47 Å². The second kappa shape index (κ2) is 6.22. The van der Waals surface area contributed by atoms with Crippen LogP contribution in [0.15, 0.2) is 34.8 Å². The van der Waals surface area contributed by atoms with Crippen LogP contribution in [0.25, 0.3) is 0 Å². The lowest BCUT2D eigenvalue weighted by Crippen LogP contribution is -2.08. The molecule has 0 spiro atoms. The molecule has 0 amide bonds. The van der Waals surface area contributed by atoms with Crippen molar-refractivity contribution in [1.82, 2.24) is 4.98 Å². The molecule has 1 N–H and O–H groups in total. The smallest absolute Gasteiger partial charge is 0.165 e. The van der Waals surface area contributed by atoms with Crippen molar-refractivity contribution in [2.24, 2.45) is 0 Å². The zero-order valence-electron chi connectivity index (χ0n) is 11.6. The molecule has 0 radical (unpaired) electrons. The van der Waals surface area contributed by atoms with E-state index in [1.807, 2.05) is 26.0 Å². The molecule has 5 heteroatoms. The van der Waals surface area contributed by atoms with E-state index in [0.717, 1.165) is 21.5 Å². The number of nitrogens with zero attached hydrogens (tertiary/aromatic N) is 1. The van der Waals surface area contributed by atoms with E-state index >= 15 is 0 Å². The fourth-order valence-electron chi connectivity index (χ4n) is 1.88. The quantitative estimate of drug-likeness (QED) is 0.892. The fraction of sp³-hybridized carbons (Fsp3) is 0.267. The molecule has 0 aliphatic heterocycles. The van der Waals surface area contributed by atoms with Crippen LogP contribution in [0.1, 0.15) is 24.2 Å². The summed E-state index contributed by atoms with van der Waals surface area (Å²) in [6.45, 7) is 3.92. The summed E-state index contributed by atoms with van der Waals surface area (Å²) >= 11 is 3.42. The van der Waals surface area contributed by atoms with E-state index in [1.54, 1.807) is 12.1 Å². The Morgan fingerprint density at radius 3 is 2.70 bits per heavy atom. The second-order valence-corrected chi connectivity index (χ2v) is 5.38. The minimum atomic E-state index is -0.360. The average molecular weight is 339 g/mol. The van der Waals surface area contributed by atoms with Gasteiger partial charge in [0.05, 0.1) is 18.8 Å². The molecule has 1 atom stereocenters. The van der Waals surface area contributed by atoms with E-state index in [9.17, 15) is 4.39 Å². The number of halogens is 2. The first kappa shape index (κ1) is 14.8. The number of benzene rings is 1. The molecule has 1 aromatic carbocycles. The van der Waals surface area contributed by atoms with Crippen LogP contribution in [0.3, 0.4) is 0 Å². The summed E-state index contributed by atoms with van der Waals surface area (Å²) in [5, 5.41) is 3.29. The van der Waals surface area contributed by atoms with Gasteiger partial charge in [-0.15, -0.1) is 0 Å². The van der Waals surface area contributed by atoms with Gasteiger partial charge >= 0.3 is 0 Å². The van der Waals surface area contributed by atoms with E-state index in [0.29, 0.717) is 0 Å². The molecule has 20 heavy (non-hydrogen) atoms. The first-order chi connectivity index (χ1) is 9.51. The summed E-state index contributed by atoms with van der Waals surface area (Å²) in [6, 6.07) is 8.68. The van der Waals surface area contributed by atoms with Crippen LogP contribution in [0.4, 0.5) is 10.2 Å². The molecule has 0 saturated heterocycles. The molecule has 0 bridgehead atoms. The zero-order chi connectivity index (χ0) is 14.7. The Balaban J connectivity index is 2.19. The summed E-state index contributed by atoms with van der Waals surface area (Å²) in [7, 11) is 1.46. The van der Waals surface area contributed by atoms with Crippen molar-refractivity contribution in [2.75, 3.05) is 12.4 Å². The highest BCUT2D eigenvalue weighted by atomic mass is 79.9. The van der Waals surface area contributed by atoms with Gasteiger partial charge in [0.2, 0.25) is 0 Å². The molecular weight excluding hydrogens is 323 g/mol. The third kappa shape index (κ3) is 3.28. The Hall–Kier alpha value is -1.62. The molecule has 2 aromatic rings. The molecular formula is C15H16BrFN2O. The average Bonchev–Trinajstić information content (AvgIpc) is 2.43. The van der Waals surface area contributed by atoms with Crippen molar-refractivity contribution < 1.29 is 9.13 Å². The monoisotopic (exact) mass is 338 g/mol. The molecule has 1 unspecified atom stereocenters. The van der Waals surface area contributed by atoms with Crippen molar-refractivity contribution in [1.29, 1.82) is 0 Å². The van der Waals surface area contributed by atoms with Crippen molar-refractivity contribution in [3.63, 3.8) is 0 Å². The normalized spacial score (nSPS) is 12.1. The fourth-order valence-corrected chi connectivity index (χ4v) is 2.10. The Labute approximate surface area is 126 Å². The number of anilines is 1. The Morgan fingerprint density at radius 1 is 1.30 bits per heavy atom. The van der Waals surface area contributed by atoms with Gasteiger partial charge in [0.25, 0.3) is 0 Å². The van der Waals surface area contributed by atoms with E-state index in [-0.39, 0.29) is 17.6 Å². The van der Waals surface area contributed by atoms with Gasteiger partial charge < -0.3 is 10.1 Å². The van der Waals surface area contributed by atoms with Gasteiger partial charge in [-0.1, -0.05) is 6.07 Å². The van der Waals surface area contributed by atoms with Crippen molar-refractivity contribution in [2.45, 2.75) is 19.9 Å². The van der Waals surface area contributed by atoms with Gasteiger partial charge in [-0.05, 0) is 59.6 Å². The summed E-state index contributed by atoms with van der Waals surface area (Å²) in [5.41, 5.74) is 1.85. The van der Waals surface area contributed by atoms with E-state index in [2.05, 4.69) is 26.2 Å². The van der Waals surface area contributed by atoms with Gasteiger partial charge in [-0.3, -0.25) is 0 Å². The van der Waals surface area contributed by atoms with Crippen molar-refractivity contribution in [3.05, 3.63) is 51.9 Å². The Kier molecular flexibility index (Phi) is 4.60. The van der Waals surface area contributed by atoms with Gasteiger partial charge in [-0.2, -0.15) is 0 Å². The standard InChI is InChI=1S/C15H16BrFN2O/c1-9(11-4-6-13(17)14(8-11)20-3)18-15-7-5-12(16)10(2)19-15/h4-9H,1-3H3,(H,18,19). The van der Waals surface area contributed by atoms with E-state index < -0.39 is 0 Å². The molecule has 3 nitrogen and oxygen atoms in total. The van der Waals surface area contributed by atoms with E-state index in [1.165, 1.54) is 13.2 Å². The van der Waals surface area contributed by atoms with E-state index in [4.69, 9.17) is 4.74 Å². The van der Waals surface area contributed by atoms with Crippen LogP contribution in [0.2, 0.25) is 0 Å². The maximum absolute atomic E-state index is 13.4. The van der Waals surface area contributed by atoms with Crippen LogP contribution >= 0.6 is 15.9 Å². The first-order valence-electron chi connectivity index (χ1n) is 6.24. The highest BCUT2D eigenvalue weighted by Crippen LogP contribution is 2.25. The molecule has 1 heterocycles. The Bertz CT molecular complexity index is 619. The minimum Gasteiger partial charge on any atom is -0.494 e. The van der Waals surface area contributed by atoms with Crippen LogP contribution in [-0.2, 0) is 0 Å². The number of methoxy groups -OCH3 is 1. The van der Waals surface area contributed by atoms with Crippen molar-refractivity contribution in [3.8, 4) is 5.75 Å². The summed E-state index contributed by atoms with van der Waals surface area (Å²) in [4.78, 5) is 4.44. The van der Waals surface area contributed by atoms with Crippen molar-refractivity contribution >= 4 is 21.7 Å². The Morgan fingerprint density at radius 2 is 2.05 bits per heavy atom. The maximum Gasteiger partial charge on any atom is 0.165 e. The molecule has 0 aliphatic rings. The lowest BCUT2D eigenvalue weighted by atomic mass is 10.1. The largest absolute Gasteiger partial charge is 0.494 e. The first-order valence-corrected chi connectivity index (χ1v) is 7.03. The number of ether oxygens (including phenoxy) is 1. The number of aryl methyl sites for hydroxylation is 1. The lowest BCUT2D eigenvalue weighted by molar-refractivity contribution is 0.385. The number of rotatable bonds is 4. The topological polar surface area (TPSA) is 34.1 Å². The van der Waals surface area contributed by atoms with Crippen LogP contribution in [0, 0.1) is 12.7 Å². The number of hydrogen-bond donors (Lipinski definition) is 1. The van der Waals surface area contributed by atoms with Crippen LogP contribution in [0.5, 0.6) is 5.75 Å². The third-order valence-corrected chi connectivity index (χ3v) is 3.90. The number of hydrogen-bond acceptors (Lipinski definition) is 3. The molecule has 2 rings (SSSR count). The molecule has 0 aliphatic carbocycles. The second-order valence-electron chi connectivity index (χ2n) is 4.52. The summed E-state index contributed by atoms with van der Waals surface area (Å²) < 4.78 is 19.4. The van der Waals surface area contributed by atoms with Gasteiger partial charge in [-0.25, -0.2) is 9.37 Å². The SMILES string of the molecule is COc1cc(C(C)Nc2ccc(Br)c(C)n2)ccc1F. The lowest BCUT2D eigenvalue weighted by Gasteiger charge is -2.16. The molecule has 1 aromatic heterocycles. The number of aromatic nitrogens is 1. The number of pyridine rings is 1. The predicted molar refractivity (Wildman–Crippen MR) is 81.7 cm³/mol. The number of nitrogens with one attached hydrogen (secondary N) is 1. The van der Waals surface area contributed by atoms with Crippen LogP contribution in [-0.4, -0.2) is 12.1 Å². The van der Waals surface area contributed by atoms with Crippen LogP contribution < -0.4 is 10.1 Å². The minimum absolute atomic E-state index is 0.00224. The third-order valence-electron chi connectivity index (χ3n) is 3.06. The highest BCUT2D eigenvalue weighted by Gasteiger charge is 2.10.